The van der Waals surface area contributed by atoms with E-state index in [9.17, 15) is 47.9 Å². The largest absolute Gasteiger partial charge is 0.469 e. The van der Waals surface area contributed by atoms with Crippen LogP contribution < -0.4 is 0 Å². The first-order chi connectivity index (χ1) is 57.1. The normalized spacial score (nSPS) is 49.8. The van der Waals surface area contributed by atoms with Gasteiger partial charge in [-0.3, -0.25) is 47.9 Å². The first-order valence-electron chi connectivity index (χ1n) is 47.8. The van der Waals surface area contributed by atoms with Crippen LogP contribution in [0.3, 0.4) is 0 Å². The Labute approximate surface area is 736 Å². The van der Waals surface area contributed by atoms with Crippen LogP contribution in [0.15, 0.2) is 0 Å². The van der Waals surface area contributed by atoms with Crippen molar-refractivity contribution in [1.29, 1.82) is 0 Å². The molecule has 16 bridgehead atoms. The molecular formula is C101H150O23. The molecule has 0 spiro atoms. The number of hydrogen-bond donors (Lipinski definition) is 0. The second kappa shape index (κ2) is 29.0. The van der Waals surface area contributed by atoms with Gasteiger partial charge in [-0.2, -0.15) is 0 Å². The minimum atomic E-state index is -0.504. The molecule has 14 aliphatic heterocycles. The number of carbonyl (C=O) groups excluding carboxylic acids is 10. The topological polar surface area (TPSA) is 291 Å². The van der Waals surface area contributed by atoms with Crippen molar-refractivity contribution in [2.45, 2.75) is 350 Å². The highest BCUT2D eigenvalue weighted by molar-refractivity contribution is 5.88. The molecule has 24 fully saturated rings. The van der Waals surface area contributed by atoms with Crippen LogP contribution in [0.2, 0.25) is 0 Å². The average Bonchev–Trinajstić information content (AvgIpc) is 1.48. The summed E-state index contributed by atoms with van der Waals surface area (Å²) in [6.45, 7) is 62.3. The van der Waals surface area contributed by atoms with Gasteiger partial charge in [0.05, 0.1) is 85.3 Å². The summed E-state index contributed by atoms with van der Waals surface area (Å²) in [6.07, 6.45) is 12.8. The molecular weight excluding hydrogens is 1580 g/mol. The lowest BCUT2D eigenvalue weighted by Gasteiger charge is -2.47. The molecule has 0 aromatic heterocycles. The summed E-state index contributed by atoms with van der Waals surface area (Å²) in [7, 11) is 2.75. The summed E-state index contributed by atoms with van der Waals surface area (Å²) >= 11 is 0. The quantitative estimate of drug-likeness (QED) is 0.183. The highest BCUT2D eigenvalue weighted by atomic mass is 16.6. The lowest BCUT2D eigenvalue weighted by atomic mass is 9.58. The molecule has 14 saturated heterocycles. The van der Waals surface area contributed by atoms with Gasteiger partial charge >= 0.3 is 59.7 Å². The predicted octanol–water partition coefficient (Wildman–Crippen LogP) is 15.6. The molecule has 42 atom stereocenters. The standard InChI is InChI=1S/C14H20O4.C13H18O5.3C13H20O2.C12H18O3.C12H18O2.C11H16O3/c1-14(2,3)10-6-5-7-9(8(6)12(15)17-4)13(16)18-11(7)10;1-13(2,3)7-8-5(11(14)16-4)6-9(17-8)10(7)18-12(6)15;1-12(2,3)10-9-7-5-13(10,4)6-8(7)11(14)15-9;1-12(2,3)13(4)7-5-8-9(6-7)11(14)15-10(8)13;1-12(2,3)10-7-5-8-9(6-7)15-11(14)13(8,10)4;1-11(2,3)12(4)7-5-6-8(14-7)9(12)15-10(6)13;1-12(2,3)10-6-4-7-8(5-6)14-11(13)9(7)10;1-11(2,3)7-6-4-5-8(13-6)9(7)14-10(5)12/h6-11H,5H2,1-4H3;5-10H,1-4H3;3*7-10H,5-6H2,1-4H3;6-9H,5H2,1-4H3;6-10H,4-5H2,1-3H3;5-9H,4H2,1-3H3. The van der Waals surface area contributed by atoms with E-state index in [0.29, 0.717) is 58.7 Å². The van der Waals surface area contributed by atoms with Crippen molar-refractivity contribution in [2.24, 2.45) is 207 Å². The summed E-state index contributed by atoms with van der Waals surface area (Å²) in [5, 5.41) is 0. The van der Waals surface area contributed by atoms with E-state index in [2.05, 4.69) is 194 Å². The molecule has 10 aliphatic carbocycles. The molecule has 124 heavy (non-hydrogen) atoms. The maximum absolute atomic E-state index is 12.0. The zero-order valence-electron chi connectivity index (χ0n) is 80.1. The van der Waals surface area contributed by atoms with Gasteiger partial charge in [-0.15, -0.1) is 0 Å². The van der Waals surface area contributed by atoms with Crippen molar-refractivity contribution in [3.05, 3.63) is 0 Å². The fraction of sp³-hybridized carbons (Fsp3) is 0.901. The summed E-state index contributed by atoms with van der Waals surface area (Å²) in [5.74, 6) is 5.60. The number of ether oxygens (including phenoxy) is 13. The molecule has 0 aromatic carbocycles. The zero-order valence-corrected chi connectivity index (χ0v) is 80.1. The maximum atomic E-state index is 12.0. The monoisotopic (exact) mass is 1730 g/mol. The summed E-state index contributed by atoms with van der Waals surface area (Å²) < 4.78 is 71.4. The molecule has 0 amide bonds. The fourth-order valence-electron chi connectivity index (χ4n) is 33.5. The SMILES string of the molecule is CC(C)(C)C1(C)C2CC3C(=O)OC1C3C2.CC(C)(C)C1(C)C2CC3C(=O)OC1C3O2.CC(C)(C)C1C2CC3C(=O)OC1C3O2.CC(C)(C)C1C2CC3OC(=O)C1(C)C3C2.CC(C)(C)C1C2CC3OC(=O)C1C3C2.CC(C)(C)C1C2OC(=O)C3CC1(C)CC32.COC(=O)C1C2CC3C(OC(=O)C31)C2C(C)(C)C.COC(=O)C1C2OC3C(OC(=O)C31)C2C(C)(C)C. The first-order valence-corrected chi connectivity index (χ1v) is 47.8. The van der Waals surface area contributed by atoms with Gasteiger partial charge in [-0.25, -0.2) is 0 Å². The second-order valence-electron chi connectivity index (χ2n) is 52.6. The average molecular weight is 1730 g/mol. The van der Waals surface area contributed by atoms with Crippen LogP contribution in [-0.2, 0) is 110 Å². The van der Waals surface area contributed by atoms with E-state index >= 15 is 0 Å². The number of fused-ring (bicyclic) bond motifs is 8. The van der Waals surface area contributed by atoms with Gasteiger partial charge in [0.2, 0.25) is 0 Å². The van der Waals surface area contributed by atoms with Crippen LogP contribution in [0, 0.1) is 207 Å². The van der Waals surface area contributed by atoms with Gasteiger partial charge in [-0.05, 0) is 162 Å². The molecule has 23 heteroatoms. The van der Waals surface area contributed by atoms with Crippen molar-refractivity contribution in [3.8, 4) is 0 Å². The van der Waals surface area contributed by atoms with Crippen LogP contribution in [0.1, 0.15) is 264 Å². The summed E-state index contributed by atoms with van der Waals surface area (Å²) in [6, 6.07) is 0. The molecule has 23 nitrogen and oxygen atoms in total. The maximum Gasteiger partial charge on any atom is 0.313 e. The predicted molar refractivity (Wildman–Crippen MR) is 452 cm³/mol. The van der Waals surface area contributed by atoms with E-state index in [-0.39, 0.29) is 270 Å². The Morgan fingerprint density at radius 1 is 0.331 bits per heavy atom. The Kier molecular flexibility index (Phi) is 21.2. The van der Waals surface area contributed by atoms with Gasteiger partial charge in [0.1, 0.15) is 73.1 Å². The second-order valence-corrected chi connectivity index (χ2v) is 52.6. The third kappa shape index (κ3) is 13.3. The molecule has 24 rings (SSSR count). The fourth-order valence-corrected chi connectivity index (χ4v) is 33.5. The van der Waals surface area contributed by atoms with E-state index in [1.807, 2.05) is 0 Å². The smallest absolute Gasteiger partial charge is 0.313 e. The molecule has 0 radical (unpaired) electrons. The lowest BCUT2D eigenvalue weighted by molar-refractivity contribution is -0.153. The Morgan fingerprint density at radius 2 is 0.855 bits per heavy atom. The molecule has 10 saturated carbocycles. The lowest BCUT2D eigenvalue weighted by Crippen LogP contribution is -2.50. The summed E-state index contributed by atoms with van der Waals surface area (Å²) in [4.78, 5) is 118. The highest BCUT2D eigenvalue weighted by Crippen LogP contribution is 2.73. The van der Waals surface area contributed by atoms with E-state index in [4.69, 9.17) is 61.6 Å². The molecule has 692 valence electrons. The van der Waals surface area contributed by atoms with Crippen molar-refractivity contribution >= 4 is 59.7 Å². The van der Waals surface area contributed by atoms with E-state index in [0.717, 1.165) is 56.8 Å². The third-order valence-corrected chi connectivity index (χ3v) is 38.3. The van der Waals surface area contributed by atoms with Crippen LogP contribution in [-0.4, -0.2) is 159 Å². The first kappa shape index (κ1) is 90.5. The number of esters is 10. The third-order valence-electron chi connectivity index (χ3n) is 38.3. The number of hydrogen-bond acceptors (Lipinski definition) is 23. The molecule has 42 unspecified atom stereocenters. The van der Waals surface area contributed by atoms with E-state index in [1.54, 1.807) is 0 Å². The van der Waals surface area contributed by atoms with Gasteiger partial charge in [-0.1, -0.05) is 187 Å². The number of rotatable bonds is 2. The van der Waals surface area contributed by atoms with Crippen molar-refractivity contribution < 1.29 is 110 Å². The van der Waals surface area contributed by atoms with E-state index < -0.39 is 11.8 Å². The van der Waals surface area contributed by atoms with Crippen molar-refractivity contribution in [3.63, 3.8) is 0 Å². The van der Waals surface area contributed by atoms with Gasteiger partial charge < -0.3 is 61.6 Å². The highest BCUT2D eigenvalue weighted by Gasteiger charge is 2.78. The van der Waals surface area contributed by atoms with Crippen molar-refractivity contribution in [2.75, 3.05) is 14.2 Å². The minimum absolute atomic E-state index is 0.0197. The van der Waals surface area contributed by atoms with Gasteiger partial charge in [0, 0.05) is 64.1 Å². The zero-order chi connectivity index (χ0) is 90.7. The van der Waals surface area contributed by atoms with Crippen LogP contribution in [0.25, 0.3) is 0 Å². The van der Waals surface area contributed by atoms with E-state index in [1.165, 1.54) is 39.9 Å². The Hall–Kier alpha value is -5.42. The Bertz CT molecular complexity index is 4180. The van der Waals surface area contributed by atoms with Gasteiger partial charge in [0.15, 0.2) is 0 Å². The van der Waals surface area contributed by atoms with Crippen LogP contribution >= 0.6 is 0 Å². The number of methoxy groups -OCH3 is 2. The van der Waals surface area contributed by atoms with Crippen LogP contribution in [0.5, 0.6) is 0 Å². The summed E-state index contributed by atoms with van der Waals surface area (Å²) in [5.41, 5.74) is 1.55. The van der Waals surface area contributed by atoms with Crippen molar-refractivity contribution in [1.82, 2.24) is 0 Å². The molecule has 0 aromatic rings. The molecule has 14 heterocycles. The van der Waals surface area contributed by atoms with Crippen LogP contribution in [0.4, 0.5) is 0 Å². The number of carbonyl (C=O) groups is 10. The molecule has 0 N–H and O–H groups in total. The van der Waals surface area contributed by atoms with Gasteiger partial charge in [0.25, 0.3) is 0 Å². The minimum Gasteiger partial charge on any atom is -0.469 e. The molecule has 24 aliphatic rings. The Balaban J connectivity index is 0.000000100. The Morgan fingerprint density at radius 3 is 1.45 bits per heavy atom.